The number of hydrogen-bond acceptors (Lipinski definition) is 6. The lowest BCUT2D eigenvalue weighted by molar-refractivity contribution is 0.0503. The third kappa shape index (κ3) is 14.7. The quantitative estimate of drug-likeness (QED) is 0.403. The van der Waals surface area contributed by atoms with Crippen LogP contribution in [0, 0.1) is 0 Å². The molecule has 0 amide bonds. The third-order valence-electron chi connectivity index (χ3n) is 2.25. The zero-order valence-electron chi connectivity index (χ0n) is 19.2. The van der Waals surface area contributed by atoms with Gasteiger partial charge >= 0.3 is 15.2 Å². The Morgan fingerprint density at radius 2 is 0.889 bits per heavy atom. The Hall–Kier alpha value is 0.0400. The van der Waals surface area contributed by atoms with E-state index in [1.54, 1.807) is 41.5 Å². The molecule has 0 rings (SSSR count). The third-order valence-corrected chi connectivity index (χ3v) is 6.74. The van der Waals surface area contributed by atoms with E-state index in [1.807, 2.05) is 41.5 Å². The molecule has 0 aliphatic heterocycles. The predicted molar refractivity (Wildman–Crippen MR) is 113 cm³/mol. The molecular formula is C19H40O6P2. The Morgan fingerprint density at radius 3 is 1.15 bits per heavy atom. The van der Waals surface area contributed by atoms with Gasteiger partial charge in [0, 0.05) is 5.82 Å². The van der Waals surface area contributed by atoms with Gasteiger partial charge in [0.25, 0.3) is 0 Å². The van der Waals surface area contributed by atoms with Gasteiger partial charge in [0.05, 0.1) is 28.6 Å². The molecule has 0 N–H and O–H groups in total. The average molecular weight is 426 g/mol. The molecule has 0 saturated carbocycles. The van der Waals surface area contributed by atoms with Gasteiger partial charge in [0.15, 0.2) is 0 Å². The van der Waals surface area contributed by atoms with Crippen molar-refractivity contribution >= 4 is 15.2 Å². The van der Waals surface area contributed by atoms with E-state index in [0.717, 1.165) is 0 Å². The molecule has 0 spiro atoms. The molecule has 0 saturated heterocycles. The fraction of sp³-hybridized carbons (Fsp3) is 0.895. The van der Waals surface area contributed by atoms with Gasteiger partial charge < -0.3 is 9.05 Å². The summed E-state index contributed by atoms with van der Waals surface area (Å²) in [5.74, 6) is 1.36. The number of allylic oxidation sites excluding steroid dienone is 1. The summed E-state index contributed by atoms with van der Waals surface area (Å²) in [4.78, 5) is 0. The SMILES string of the molecule is CC(C)(C)OP(=O)(/C=C/CP(=O)(OC(C)(C)C)OC(C)(C)C)OC(C)(C)C. The average Bonchev–Trinajstić information content (AvgIpc) is 2.14. The van der Waals surface area contributed by atoms with Gasteiger partial charge in [0.2, 0.25) is 0 Å². The summed E-state index contributed by atoms with van der Waals surface area (Å²) >= 11 is 0. The maximum absolute atomic E-state index is 13.2. The molecular weight excluding hydrogens is 386 g/mol. The van der Waals surface area contributed by atoms with Crippen molar-refractivity contribution in [2.24, 2.45) is 0 Å². The Kier molecular flexibility index (Phi) is 8.83. The monoisotopic (exact) mass is 426 g/mol. The van der Waals surface area contributed by atoms with Crippen LogP contribution in [-0.2, 0) is 27.2 Å². The maximum Gasteiger partial charge on any atom is 0.354 e. The highest BCUT2D eigenvalue weighted by atomic mass is 31.2. The van der Waals surface area contributed by atoms with Crippen molar-refractivity contribution in [1.29, 1.82) is 0 Å². The van der Waals surface area contributed by atoms with Crippen LogP contribution in [0.2, 0.25) is 0 Å². The van der Waals surface area contributed by atoms with Crippen LogP contribution in [0.3, 0.4) is 0 Å². The first-order valence-electron chi connectivity index (χ1n) is 9.23. The topological polar surface area (TPSA) is 71.1 Å². The van der Waals surface area contributed by atoms with Crippen molar-refractivity contribution in [3.63, 3.8) is 0 Å². The highest BCUT2D eigenvalue weighted by molar-refractivity contribution is 7.57. The number of hydrogen-bond donors (Lipinski definition) is 0. The van der Waals surface area contributed by atoms with Gasteiger partial charge in [-0.25, -0.2) is 0 Å². The van der Waals surface area contributed by atoms with E-state index < -0.39 is 37.6 Å². The summed E-state index contributed by atoms with van der Waals surface area (Å²) in [5.41, 5.74) is -2.64. The van der Waals surface area contributed by atoms with E-state index in [1.165, 1.54) is 11.9 Å². The maximum atomic E-state index is 13.2. The molecule has 0 aromatic rings. The Bertz CT molecular complexity index is 558. The molecule has 162 valence electrons. The molecule has 0 bridgehead atoms. The van der Waals surface area contributed by atoms with E-state index in [0.29, 0.717) is 0 Å². The Balaban J connectivity index is 5.63. The van der Waals surface area contributed by atoms with Crippen molar-refractivity contribution in [1.82, 2.24) is 0 Å². The van der Waals surface area contributed by atoms with Crippen molar-refractivity contribution in [2.75, 3.05) is 6.16 Å². The molecule has 0 unspecified atom stereocenters. The molecule has 27 heavy (non-hydrogen) atoms. The summed E-state index contributed by atoms with van der Waals surface area (Å²) in [6.07, 6.45) is 1.48. The van der Waals surface area contributed by atoms with Crippen LogP contribution >= 0.6 is 15.2 Å². The summed E-state index contributed by atoms with van der Waals surface area (Å²) in [6.45, 7) is 21.7. The normalized spacial score (nSPS) is 15.6. The van der Waals surface area contributed by atoms with E-state index >= 15 is 0 Å². The first-order chi connectivity index (χ1) is 11.5. The second-order valence-corrected chi connectivity index (χ2v) is 14.2. The zero-order valence-corrected chi connectivity index (χ0v) is 21.0. The van der Waals surface area contributed by atoms with E-state index in [2.05, 4.69) is 0 Å². The minimum Gasteiger partial charge on any atom is -0.303 e. The van der Waals surface area contributed by atoms with Gasteiger partial charge in [-0.15, -0.1) is 0 Å². The summed E-state index contributed by atoms with van der Waals surface area (Å²) in [7, 11) is -7.03. The minimum absolute atomic E-state index is 0.0352. The summed E-state index contributed by atoms with van der Waals surface area (Å²) < 4.78 is 49.3. The first-order valence-corrected chi connectivity index (χ1v) is 12.6. The largest absolute Gasteiger partial charge is 0.354 e. The highest BCUT2D eigenvalue weighted by Gasteiger charge is 2.36. The molecule has 0 aliphatic rings. The fourth-order valence-corrected chi connectivity index (χ4v) is 6.51. The lowest BCUT2D eigenvalue weighted by Gasteiger charge is -2.32. The second-order valence-electron chi connectivity index (χ2n) is 10.5. The molecule has 0 heterocycles. The van der Waals surface area contributed by atoms with Gasteiger partial charge in [0.1, 0.15) is 0 Å². The van der Waals surface area contributed by atoms with Gasteiger partial charge in [-0.1, -0.05) is 6.08 Å². The van der Waals surface area contributed by atoms with E-state index in [4.69, 9.17) is 18.1 Å². The van der Waals surface area contributed by atoms with Crippen molar-refractivity contribution in [3.8, 4) is 0 Å². The van der Waals surface area contributed by atoms with Crippen LogP contribution < -0.4 is 0 Å². The smallest absolute Gasteiger partial charge is 0.303 e. The summed E-state index contributed by atoms with van der Waals surface area (Å²) in [6, 6.07) is 0. The fourth-order valence-electron chi connectivity index (χ4n) is 2.08. The van der Waals surface area contributed by atoms with Crippen LogP contribution in [0.25, 0.3) is 0 Å². The summed E-state index contributed by atoms with van der Waals surface area (Å²) in [5, 5.41) is 0. The van der Waals surface area contributed by atoms with Crippen LogP contribution in [0.1, 0.15) is 83.1 Å². The lowest BCUT2D eigenvalue weighted by atomic mass is 10.2. The van der Waals surface area contributed by atoms with Crippen molar-refractivity contribution in [3.05, 3.63) is 11.9 Å². The lowest BCUT2D eigenvalue weighted by Crippen LogP contribution is -2.24. The zero-order chi connectivity index (χ0) is 21.9. The molecule has 0 aromatic heterocycles. The highest BCUT2D eigenvalue weighted by Crippen LogP contribution is 2.58. The first kappa shape index (κ1) is 27.0. The molecule has 0 radical (unpaired) electrons. The van der Waals surface area contributed by atoms with Crippen molar-refractivity contribution in [2.45, 2.75) is 105 Å². The van der Waals surface area contributed by atoms with E-state index in [9.17, 15) is 9.13 Å². The molecule has 0 aromatic carbocycles. The predicted octanol–water partition coefficient (Wildman–Crippen LogP) is 7.15. The minimum atomic E-state index is -3.56. The standard InChI is InChI=1S/C19H40O6P2/c1-16(2,3)22-26(20,23-17(4,5)6)14-13-15-27(21,24-18(7,8)9)25-19(10,11)12/h13-14H,15H2,1-12H3/b14-13+. The number of rotatable bonds is 7. The Morgan fingerprint density at radius 1 is 0.593 bits per heavy atom. The molecule has 8 heteroatoms. The van der Waals surface area contributed by atoms with Gasteiger partial charge in [-0.2, -0.15) is 0 Å². The van der Waals surface area contributed by atoms with E-state index in [-0.39, 0.29) is 6.16 Å². The van der Waals surface area contributed by atoms with Crippen LogP contribution in [0.5, 0.6) is 0 Å². The molecule has 6 nitrogen and oxygen atoms in total. The molecule has 0 aliphatic carbocycles. The molecule has 0 atom stereocenters. The molecule has 0 fully saturated rings. The van der Waals surface area contributed by atoms with Crippen molar-refractivity contribution < 1.29 is 27.2 Å². The van der Waals surface area contributed by atoms with Crippen LogP contribution in [-0.4, -0.2) is 28.6 Å². The van der Waals surface area contributed by atoms with Gasteiger partial charge in [-0.3, -0.25) is 18.2 Å². The Labute approximate surface area is 166 Å². The second kappa shape index (κ2) is 8.81. The van der Waals surface area contributed by atoms with Gasteiger partial charge in [-0.05, 0) is 83.1 Å². The van der Waals surface area contributed by atoms with Crippen LogP contribution in [0.15, 0.2) is 11.9 Å². The van der Waals surface area contributed by atoms with Crippen LogP contribution in [0.4, 0.5) is 0 Å².